The molecular weight excluding hydrogens is 246 g/mol. The SMILES string of the molecule is CC(C)CN(CC(C)C)C(=O)c1cc(C(=O)O)co1. The van der Waals surface area contributed by atoms with E-state index >= 15 is 0 Å². The van der Waals surface area contributed by atoms with Gasteiger partial charge in [0, 0.05) is 19.2 Å². The van der Waals surface area contributed by atoms with Gasteiger partial charge >= 0.3 is 5.97 Å². The zero-order valence-electron chi connectivity index (χ0n) is 11.8. The normalized spacial score (nSPS) is 11.1. The fourth-order valence-electron chi connectivity index (χ4n) is 1.84. The van der Waals surface area contributed by atoms with Gasteiger partial charge in [0.2, 0.25) is 0 Å². The van der Waals surface area contributed by atoms with E-state index in [-0.39, 0.29) is 17.2 Å². The monoisotopic (exact) mass is 267 g/mol. The lowest BCUT2D eigenvalue weighted by molar-refractivity contribution is 0.0679. The van der Waals surface area contributed by atoms with Crippen molar-refractivity contribution in [2.45, 2.75) is 27.7 Å². The third kappa shape index (κ3) is 4.43. The first-order chi connectivity index (χ1) is 8.81. The Hall–Kier alpha value is -1.78. The van der Waals surface area contributed by atoms with Crippen molar-refractivity contribution in [2.75, 3.05) is 13.1 Å². The number of carboxylic acid groups (broad SMARTS) is 1. The molecule has 19 heavy (non-hydrogen) atoms. The molecule has 0 spiro atoms. The molecule has 1 aromatic heterocycles. The van der Waals surface area contributed by atoms with E-state index in [0.29, 0.717) is 24.9 Å². The van der Waals surface area contributed by atoms with E-state index in [0.717, 1.165) is 6.26 Å². The van der Waals surface area contributed by atoms with Crippen molar-refractivity contribution in [1.82, 2.24) is 4.90 Å². The molecule has 0 aliphatic carbocycles. The van der Waals surface area contributed by atoms with Gasteiger partial charge in [-0.1, -0.05) is 27.7 Å². The van der Waals surface area contributed by atoms with Gasteiger partial charge in [-0.05, 0) is 11.8 Å². The minimum Gasteiger partial charge on any atom is -0.478 e. The molecule has 0 aliphatic heterocycles. The summed E-state index contributed by atoms with van der Waals surface area (Å²) in [5.41, 5.74) is -0.00241. The Bertz CT molecular complexity index is 438. The Labute approximate surface area is 113 Å². The van der Waals surface area contributed by atoms with Crippen LogP contribution in [0.2, 0.25) is 0 Å². The number of aromatic carboxylic acids is 1. The summed E-state index contributed by atoms with van der Waals surface area (Å²) in [6.07, 6.45) is 1.10. The number of rotatable bonds is 6. The van der Waals surface area contributed by atoms with Gasteiger partial charge in [0.1, 0.15) is 6.26 Å². The average molecular weight is 267 g/mol. The molecule has 1 amide bonds. The van der Waals surface area contributed by atoms with E-state index in [4.69, 9.17) is 9.52 Å². The molecule has 0 radical (unpaired) electrons. The number of hydrogen-bond donors (Lipinski definition) is 1. The number of nitrogens with zero attached hydrogens (tertiary/aromatic N) is 1. The summed E-state index contributed by atoms with van der Waals surface area (Å²) < 4.78 is 5.06. The van der Waals surface area contributed by atoms with E-state index in [1.807, 2.05) is 27.7 Å². The number of carboxylic acids is 1. The van der Waals surface area contributed by atoms with Crippen LogP contribution in [-0.4, -0.2) is 35.0 Å². The number of amides is 1. The fraction of sp³-hybridized carbons (Fsp3) is 0.571. The predicted molar refractivity (Wildman–Crippen MR) is 71.2 cm³/mol. The fourth-order valence-corrected chi connectivity index (χ4v) is 1.84. The van der Waals surface area contributed by atoms with E-state index in [1.54, 1.807) is 4.90 Å². The number of carbonyl (C=O) groups is 2. The molecule has 0 aromatic carbocycles. The van der Waals surface area contributed by atoms with Gasteiger partial charge in [-0.25, -0.2) is 4.79 Å². The Kier molecular flexibility index (Phi) is 5.15. The van der Waals surface area contributed by atoms with Crippen LogP contribution in [0.1, 0.15) is 48.6 Å². The second-order valence-corrected chi connectivity index (χ2v) is 5.50. The van der Waals surface area contributed by atoms with Crippen LogP contribution >= 0.6 is 0 Å². The zero-order valence-corrected chi connectivity index (χ0v) is 11.8. The predicted octanol–water partition coefficient (Wildman–Crippen LogP) is 2.73. The quantitative estimate of drug-likeness (QED) is 0.860. The van der Waals surface area contributed by atoms with E-state index in [9.17, 15) is 9.59 Å². The van der Waals surface area contributed by atoms with Crippen molar-refractivity contribution in [2.24, 2.45) is 11.8 Å². The molecular formula is C14H21NO4. The van der Waals surface area contributed by atoms with E-state index in [1.165, 1.54) is 6.07 Å². The molecule has 1 heterocycles. The standard InChI is InChI=1S/C14H21NO4/c1-9(2)6-15(7-10(3)4)13(16)12-5-11(8-19-12)14(17)18/h5,8-10H,6-7H2,1-4H3,(H,17,18). The lowest BCUT2D eigenvalue weighted by Gasteiger charge is -2.25. The van der Waals surface area contributed by atoms with Crippen molar-refractivity contribution in [1.29, 1.82) is 0 Å². The lowest BCUT2D eigenvalue weighted by atomic mass is 10.1. The minimum absolute atomic E-state index is 0.00241. The Morgan fingerprint density at radius 1 is 1.21 bits per heavy atom. The van der Waals surface area contributed by atoms with Gasteiger partial charge in [-0.15, -0.1) is 0 Å². The molecule has 1 aromatic rings. The minimum atomic E-state index is -1.10. The summed E-state index contributed by atoms with van der Waals surface area (Å²) in [5, 5.41) is 8.82. The molecule has 0 atom stereocenters. The summed E-state index contributed by atoms with van der Waals surface area (Å²) in [6.45, 7) is 9.38. The second-order valence-electron chi connectivity index (χ2n) is 5.50. The molecule has 5 heteroatoms. The highest BCUT2D eigenvalue weighted by Gasteiger charge is 2.22. The van der Waals surface area contributed by atoms with Crippen molar-refractivity contribution in [3.63, 3.8) is 0 Å². The first-order valence-corrected chi connectivity index (χ1v) is 6.42. The molecule has 1 rings (SSSR count). The van der Waals surface area contributed by atoms with Crippen LogP contribution in [0.25, 0.3) is 0 Å². The number of hydrogen-bond acceptors (Lipinski definition) is 3. The van der Waals surface area contributed by atoms with Crippen LogP contribution in [0, 0.1) is 11.8 Å². The summed E-state index contributed by atoms with van der Waals surface area (Å²) in [6, 6.07) is 1.28. The third-order valence-corrected chi connectivity index (χ3v) is 2.52. The maximum Gasteiger partial charge on any atom is 0.338 e. The Morgan fingerprint density at radius 2 is 1.74 bits per heavy atom. The topological polar surface area (TPSA) is 70.8 Å². The van der Waals surface area contributed by atoms with Crippen molar-refractivity contribution in [3.05, 3.63) is 23.7 Å². The van der Waals surface area contributed by atoms with Crippen LogP contribution in [0.15, 0.2) is 16.7 Å². The molecule has 0 saturated carbocycles. The van der Waals surface area contributed by atoms with Gasteiger partial charge in [0.25, 0.3) is 5.91 Å². The summed E-state index contributed by atoms with van der Waals surface area (Å²) >= 11 is 0. The van der Waals surface area contributed by atoms with Crippen molar-refractivity contribution < 1.29 is 19.1 Å². The average Bonchev–Trinajstić information content (AvgIpc) is 2.75. The smallest absolute Gasteiger partial charge is 0.338 e. The summed E-state index contributed by atoms with van der Waals surface area (Å²) in [7, 11) is 0. The van der Waals surface area contributed by atoms with Gasteiger partial charge in [-0.2, -0.15) is 0 Å². The molecule has 0 saturated heterocycles. The zero-order chi connectivity index (χ0) is 14.6. The number of carbonyl (C=O) groups excluding carboxylic acids is 1. The highest BCUT2D eigenvalue weighted by atomic mass is 16.4. The third-order valence-electron chi connectivity index (χ3n) is 2.52. The first-order valence-electron chi connectivity index (χ1n) is 6.42. The summed E-state index contributed by atoms with van der Waals surface area (Å²) in [5.74, 6) is -0.580. The Balaban J connectivity index is 2.87. The second kappa shape index (κ2) is 6.41. The van der Waals surface area contributed by atoms with Crippen LogP contribution in [0.4, 0.5) is 0 Å². The molecule has 1 N–H and O–H groups in total. The van der Waals surface area contributed by atoms with Gasteiger partial charge in [-0.3, -0.25) is 4.79 Å². The van der Waals surface area contributed by atoms with E-state index in [2.05, 4.69) is 0 Å². The van der Waals surface area contributed by atoms with Crippen LogP contribution in [-0.2, 0) is 0 Å². The van der Waals surface area contributed by atoms with Crippen LogP contribution in [0.3, 0.4) is 0 Å². The molecule has 5 nitrogen and oxygen atoms in total. The van der Waals surface area contributed by atoms with Crippen molar-refractivity contribution in [3.8, 4) is 0 Å². The highest BCUT2D eigenvalue weighted by molar-refractivity contribution is 5.95. The number of furan rings is 1. The lowest BCUT2D eigenvalue weighted by Crippen LogP contribution is -2.36. The maximum atomic E-state index is 12.3. The highest BCUT2D eigenvalue weighted by Crippen LogP contribution is 2.13. The summed E-state index contributed by atoms with van der Waals surface area (Å²) in [4.78, 5) is 24.8. The largest absolute Gasteiger partial charge is 0.478 e. The first kappa shape index (κ1) is 15.3. The molecule has 0 fully saturated rings. The van der Waals surface area contributed by atoms with Crippen LogP contribution in [0.5, 0.6) is 0 Å². The molecule has 0 unspecified atom stereocenters. The maximum absolute atomic E-state index is 12.3. The van der Waals surface area contributed by atoms with E-state index < -0.39 is 5.97 Å². The Morgan fingerprint density at radius 3 is 2.11 bits per heavy atom. The van der Waals surface area contributed by atoms with Gasteiger partial charge < -0.3 is 14.4 Å². The van der Waals surface area contributed by atoms with Crippen LogP contribution < -0.4 is 0 Å². The van der Waals surface area contributed by atoms with Gasteiger partial charge in [0.15, 0.2) is 5.76 Å². The molecule has 0 aliphatic rings. The molecule has 106 valence electrons. The van der Waals surface area contributed by atoms with Gasteiger partial charge in [0.05, 0.1) is 5.56 Å². The molecule has 0 bridgehead atoms. The van der Waals surface area contributed by atoms with Crippen molar-refractivity contribution >= 4 is 11.9 Å².